The van der Waals surface area contributed by atoms with Gasteiger partial charge < -0.3 is 15.4 Å². The van der Waals surface area contributed by atoms with Gasteiger partial charge in [0.25, 0.3) is 11.8 Å². The minimum absolute atomic E-state index is 0.176. The van der Waals surface area contributed by atoms with E-state index in [0.717, 1.165) is 27.9 Å². The summed E-state index contributed by atoms with van der Waals surface area (Å²) in [5.74, 6) is -0.490. The number of nitrogens with two attached hydrogens (primary N) is 1. The molecule has 0 unspecified atom stereocenters. The predicted octanol–water partition coefficient (Wildman–Crippen LogP) is 5.29. The van der Waals surface area contributed by atoms with Crippen molar-refractivity contribution in [1.29, 1.82) is 0 Å². The van der Waals surface area contributed by atoms with E-state index in [9.17, 15) is 9.59 Å². The Hall–Kier alpha value is -4.38. The zero-order valence-corrected chi connectivity index (χ0v) is 18.1. The molecule has 4 aromatic rings. The predicted molar refractivity (Wildman–Crippen MR) is 129 cm³/mol. The van der Waals surface area contributed by atoms with E-state index in [0.29, 0.717) is 23.4 Å². The molecule has 4 aromatic carbocycles. The quantitative estimate of drug-likeness (QED) is 0.474. The van der Waals surface area contributed by atoms with Crippen molar-refractivity contribution in [2.75, 3.05) is 12.0 Å². The van der Waals surface area contributed by atoms with E-state index in [2.05, 4.69) is 6.07 Å². The average Bonchev–Trinajstić information content (AvgIpc) is 2.87. The zero-order valence-electron chi connectivity index (χ0n) is 18.1. The lowest BCUT2D eigenvalue weighted by Crippen LogP contribution is -2.33. The average molecular weight is 434 g/mol. The summed E-state index contributed by atoms with van der Waals surface area (Å²) in [6.45, 7) is 0.445. The van der Waals surface area contributed by atoms with Crippen LogP contribution in [0.3, 0.4) is 0 Å². The third kappa shape index (κ3) is 3.44. The maximum Gasteiger partial charge on any atom is 0.259 e. The number of benzene rings is 4. The molecule has 5 rings (SSSR count). The van der Waals surface area contributed by atoms with Crippen molar-refractivity contribution < 1.29 is 14.3 Å². The Bertz CT molecular complexity index is 1380. The highest BCUT2D eigenvalue weighted by Gasteiger charge is 2.30. The Balaban J connectivity index is 1.71. The Kier molecular flexibility index (Phi) is 5.15. The first-order valence-electron chi connectivity index (χ1n) is 10.7. The number of para-hydroxylation sites is 1. The third-order valence-electron chi connectivity index (χ3n) is 6.00. The second-order valence-electron chi connectivity index (χ2n) is 7.86. The van der Waals surface area contributed by atoms with E-state index in [1.54, 1.807) is 17.0 Å². The summed E-state index contributed by atoms with van der Waals surface area (Å²) < 4.78 is 5.62. The topological polar surface area (TPSA) is 72.6 Å². The molecule has 0 spiro atoms. The summed E-state index contributed by atoms with van der Waals surface area (Å²) >= 11 is 0. The van der Waals surface area contributed by atoms with Crippen LogP contribution < -0.4 is 15.4 Å². The molecule has 2 N–H and O–H groups in total. The van der Waals surface area contributed by atoms with Crippen LogP contribution in [0.15, 0.2) is 91.0 Å². The molecule has 0 fully saturated rings. The minimum Gasteiger partial charge on any atom is -0.495 e. The van der Waals surface area contributed by atoms with Crippen molar-refractivity contribution in [2.45, 2.75) is 6.54 Å². The van der Waals surface area contributed by atoms with Crippen LogP contribution in [-0.4, -0.2) is 18.9 Å². The fraction of sp³-hybridized carbons (Fsp3) is 0.0714. The first kappa shape index (κ1) is 20.5. The van der Waals surface area contributed by atoms with Crippen molar-refractivity contribution in [3.05, 3.63) is 108 Å². The van der Waals surface area contributed by atoms with Crippen LogP contribution in [0, 0.1) is 0 Å². The molecule has 162 valence electrons. The minimum atomic E-state index is -0.611. The molecule has 0 bridgehead atoms. The van der Waals surface area contributed by atoms with Gasteiger partial charge in [-0.2, -0.15) is 0 Å². The summed E-state index contributed by atoms with van der Waals surface area (Å²) in [5, 5.41) is 0. The van der Waals surface area contributed by atoms with E-state index >= 15 is 0 Å². The number of hydrogen-bond donors (Lipinski definition) is 1. The van der Waals surface area contributed by atoms with Gasteiger partial charge in [-0.25, -0.2) is 0 Å². The molecular formula is C28H22N2O3. The van der Waals surface area contributed by atoms with Crippen molar-refractivity contribution in [1.82, 2.24) is 0 Å². The summed E-state index contributed by atoms with van der Waals surface area (Å²) in [6, 6.07) is 28.7. The van der Waals surface area contributed by atoms with Gasteiger partial charge in [0, 0.05) is 11.1 Å². The van der Waals surface area contributed by atoms with Gasteiger partial charge in [-0.1, -0.05) is 72.8 Å². The molecule has 0 saturated carbocycles. The van der Waals surface area contributed by atoms with Gasteiger partial charge in [0.05, 0.1) is 30.5 Å². The number of fused-ring (bicyclic) bond motifs is 3. The lowest BCUT2D eigenvalue weighted by molar-refractivity contribution is 0.0977. The van der Waals surface area contributed by atoms with Gasteiger partial charge in [0.2, 0.25) is 0 Å². The Morgan fingerprint density at radius 3 is 2.15 bits per heavy atom. The Morgan fingerprint density at radius 1 is 0.788 bits per heavy atom. The number of hydrogen-bond acceptors (Lipinski definition) is 3. The number of nitrogens with zero attached hydrogens (tertiary/aromatic N) is 1. The molecule has 5 nitrogen and oxygen atoms in total. The Morgan fingerprint density at radius 2 is 1.42 bits per heavy atom. The SMILES string of the molecule is COc1c(C(N)=O)ccc(C(=O)N2Cc3ccccc3-c3ccccc32)c1-c1ccccc1. The second kappa shape index (κ2) is 8.28. The smallest absolute Gasteiger partial charge is 0.259 e. The van der Waals surface area contributed by atoms with E-state index in [1.807, 2.05) is 72.8 Å². The lowest BCUT2D eigenvalue weighted by atomic mass is 9.91. The molecular weight excluding hydrogens is 412 g/mol. The summed E-state index contributed by atoms with van der Waals surface area (Å²) in [5.41, 5.74) is 11.7. The third-order valence-corrected chi connectivity index (χ3v) is 6.00. The van der Waals surface area contributed by atoms with Crippen LogP contribution in [0.2, 0.25) is 0 Å². The number of amides is 2. The standard InChI is InChI=1S/C28H22N2O3/c1-33-26-23(27(29)31)16-15-22(25(26)18-9-3-2-4-10-18)28(32)30-17-19-11-5-6-12-20(19)21-13-7-8-14-24(21)30/h2-16H,17H2,1H3,(H2,29,31). The fourth-order valence-corrected chi connectivity index (χ4v) is 4.50. The van der Waals surface area contributed by atoms with E-state index in [4.69, 9.17) is 10.5 Å². The summed E-state index contributed by atoms with van der Waals surface area (Å²) in [7, 11) is 1.48. The van der Waals surface area contributed by atoms with Crippen LogP contribution in [0.5, 0.6) is 5.75 Å². The first-order valence-corrected chi connectivity index (χ1v) is 10.7. The van der Waals surface area contributed by atoms with Crippen molar-refractivity contribution >= 4 is 17.5 Å². The van der Waals surface area contributed by atoms with Crippen molar-refractivity contribution in [3.63, 3.8) is 0 Å². The maximum absolute atomic E-state index is 14.1. The molecule has 0 saturated heterocycles. The van der Waals surface area contributed by atoms with Crippen LogP contribution in [0.25, 0.3) is 22.3 Å². The zero-order chi connectivity index (χ0) is 22.9. The normalized spacial score (nSPS) is 12.0. The van der Waals surface area contributed by atoms with E-state index in [-0.39, 0.29) is 11.5 Å². The highest BCUT2D eigenvalue weighted by atomic mass is 16.5. The summed E-state index contributed by atoms with van der Waals surface area (Å²) in [6.07, 6.45) is 0. The molecule has 2 amide bonds. The van der Waals surface area contributed by atoms with E-state index in [1.165, 1.54) is 7.11 Å². The highest BCUT2D eigenvalue weighted by molar-refractivity contribution is 6.14. The van der Waals surface area contributed by atoms with E-state index < -0.39 is 5.91 Å². The first-order chi connectivity index (χ1) is 16.1. The van der Waals surface area contributed by atoms with Crippen LogP contribution in [0.1, 0.15) is 26.3 Å². The molecule has 1 aliphatic heterocycles. The monoisotopic (exact) mass is 434 g/mol. The number of primary amides is 1. The molecule has 5 heteroatoms. The molecule has 0 aromatic heterocycles. The molecule has 0 atom stereocenters. The molecule has 33 heavy (non-hydrogen) atoms. The number of carbonyl (C=O) groups excluding carboxylic acids is 2. The largest absolute Gasteiger partial charge is 0.495 e. The molecule has 1 heterocycles. The number of rotatable bonds is 4. The van der Waals surface area contributed by atoms with Crippen LogP contribution in [0.4, 0.5) is 5.69 Å². The van der Waals surface area contributed by atoms with Crippen LogP contribution >= 0.6 is 0 Å². The number of ether oxygens (including phenoxy) is 1. The van der Waals surface area contributed by atoms with Gasteiger partial charge in [-0.05, 0) is 34.9 Å². The number of carbonyl (C=O) groups is 2. The lowest BCUT2D eigenvalue weighted by Gasteiger charge is -2.32. The van der Waals surface area contributed by atoms with Gasteiger partial charge in [0.1, 0.15) is 5.75 Å². The molecule has 1 aliphatic rings. The second-order valence-corrected chi connectivity index (χ2v) is 7.86. The van der Waals surface area contributed by atoms with Gasteiger partial charge in [-0.3, -0.25) is 9.59 Å². The van der Waals surface area contributed by atoms with Gasteiger partial charge >= 0.3 is 0 Å². The van der Waals surface area contributed by atoms with Crippen LogP contribution in [-0.2, 0) is 6.54 Å². The number of methoxy groups -OCH3 is 1. The summed E-state index contributed by atoms with van der Waals surface area (Å²) in [4.78, 5) is 27.9. The molecule has 0 aliphatic carbocycles. The van der Waals surface area contributed by atoms with Crippen molar-refractivity contribution in [3.8, 4) is 28.0 Å². The maximum atomic E-state index is 14.1. The van der Waals surface area contributed by atoms with Gasteiger partial charge in [-0.15, -0.1) is 0 Å². The highest BCUT2D eigenvalue weighted by Crippen LogP contribution is 2.42. The Labute approximate surface area is 192 Å². The number of anilines is 1. The van der Waals surface area contributed by atoms with Gasteiger partial charge in [0.15, 0.2) is 0 Å². The molecule has 0 radical (unpaired) electrons. The van der Waals surface area contributed by atoms with Crippen molar-refractivity contribution in [2.24, 2.45) is 5.73 Å². The fourth-order valence-electron chi connectivity index (χ4n) is 4.50.